The summed E-state index contributed by atoms with van der Waals surface area (Å²) in [7, 11) is 2.81. The van der Waals surface area contributed by atoms with Gasteiger partial charge in [-0.25, -0.2) is 8.78 Å². The first kappa shape index (κ1) is 11.0. The first-order valence-corrected chi connectivity index (χ1v) is 6.04. The lowest BCUT2D eigenvalue weighted by molar-refractivity contribution is 0.423. The molecule has 0 aliphatic heterocycles. The van der Waals surface area contributed by atoms with E-state index in [0.29, 0.717) is 11.2 Å². The van der Waals surface area contributed by atoms with E-state index in [0.717, 1.165) is 25.7 Å². The number of rotatable bonds is 1. The molecule has 0 nitrogen and oxygen atoms in total. The van der Waals surface area contributed by atoms with Crippen molar-refractivity contribution in [2.75, 3.05) is 0 Å². The number of halogens is 2. The molecule has 3 heteroatoms. The minimum Gasteiger partial charge on any atom is -0.204 e. The molecule has 0 heterocycles. The van der Waals surface area contributed by atoms with Crippen molar-refractivity contribution in [2.24, 2.45) is 0 Å². The summed E-state index contributed by atoms with van der Waals surface area (Å²) in [4.78, 5) is 0. The highest BCUT2D eigenvalue weighted by Gasteiger charge is 2.23. The lowest BCUT2D eigenvalue weighted by Gasteiger charge is -2.26. The van der Waals surface area contributed by atoms with Crippen LogP contribution in [0.5, 0.6) is 0 Å². The second-order valence-electron chi connectivity index (χ2n) is 4.25. The highest BCUT2D eigenvalue weighted by molar-refractivity contribution is 7.17. The van der Waals surface area contributed by atoms with Crippen molar-refractivity contribution in [3.05, 3.63) is 35.4 Å². The molecule has 15 heavy (non-hydrogen) atoms. The Kier molecular flexibility index (Phi) is 3.35. The minimum absolute atomic E-state index is 0.206. The normalized spacial score (nSPS) is 26.6. The standard InChI is InChI=1S/C12H15F2P/c13-11-3-1-2-10(12(11)14)8-4-6-9(15)7-5-8/h1-3,8-9H,4-7,15H2. The van der Waals surface area contributed by atoms with Gasteiger partial charge in [0.25, 0.3) is 0 Å². The van der Waals surface area contributed by atoms with E-state index in [9.17, 15) is 8.78 Å². The van der Waals surface area contributed by atoms with Crippen molar-refractivity contribution in [3.63, 3.8) is 0 Å². The van der Waals surface area contributed by atoms with E-state index in [1.165, 1.54) is 6.07 Å². The van der Waals surface area contributed by atoms with E-state index in [2.05, 4.69) is 9.24 Å². The Morgan fingerprint density at radius 2 is 1.73 bits per heavy atom. The smallest absolute Gasteiger partial charge is 0.162 e. The Labute approximate surface area is 91.3 Å². The van der Waals surface area contributed by atoms with Crippen LogP contribution in [0.25, 0.3) is 0 Å². The summed E-state index contributed by atoms with van der Waals surface area (Å²) in [6.45, 7) is 0. The third-order valence-electron chi connectivity index (χ3n) is 3.19. The topological polar surface area (TPSA) is 0 Å². The molecule has 0 N–H and O–H groups in total. The second-order valence-corrected chi connectivity index (χ2v) is 5.20. The van der Waals surface area contributed by atoms with Gasteiger partial charge < -0.3 is 0 Å². The highest BCUT2D eigenvalue weighted by atomic mass is 31.0. The molecule has 1 aliphatic rings. The summed E-state index contributed by atoms with van der Waals surface area (Å²) < 4.78 is 26.5. The molecular formula is C12H15F2P. The molecule has 1 saturated carbocycles. The monoisotopic (exact) mass is 228 g/mol. The molecule has 0 radical (unpaired) electrons. The molecule has 2 rings (SSSR count). The number of benzene rings is 1. The minimum atomic E-state index is -0.722. The van der Waals surface area contributed by atoms with Crippen LogP contribution in [0.15, 0.2) is 18.2 Å². The van der Waals surface area contributed by atoms with Gasteiger partial charge >= 0.3 is 0 Å². The molecule has 1 atom stereocenters. The van der Waals surface area contributed by atoms with E-state index in [4.69, 9.17) is 0 Å². The average molecular weight is 228 g/mol. The Bertz CT molecular complexity index is 343. The molecule has 1 aliphatic carbocycles. The number of hydrogen-bond acceptors (Lipinski definition) is 0. The van der Waals surface area contributed by atoms with Crippen molar-refractivity contribution in [1.29, 1.82) is 0 Å². The molecule has 1 aromatic rings. The summed E-state index contributed by atoms with van der Waals surface area (Å²) in [5, 5.41) is 0. The molecule has 1 aromatic carbocycles. The van der Waals surface area contributed by atoms with Crippen LogP contribution < -0.4 is 0 Å². The largest absolute Gasteiger partial charge is 0.204 e. The van der Waals surface area contributed by atoms with Crippen LogP contribution in [0, 0.1) is 11.6 Å². The van der Waals surface area contributed by atoms with Crippen molar-refractivity contribution >= 4 is 9.24 Å². The molecular weight excluding hydrogens is 213 g/mol. The van der Waals surface area contributed by atoms with Gasteiger partial charge in [0.1, 0.15) is 0 Å². The van der Waals surface area contributed by atoms with Crippen molar-refractivity contribution in [1.82, 2.24) is 0 Å². The van der Waals surface area contributed by atoms with Crippen molar-refractivity contribution in [3.8, 4) is 0 Å². The van der Waals surface area contributed by atoms with Crippen LogP contribution in [0.4, 0.5) is 8.78 Å². The Balaban J connectivity index is 2.19. The van der Waals surface area contributed by atoms with Crippen molar-refractivity contribution < 1.29 is 8.78 Å². The fourth-order valence-corrected chi connectivity index (χ4v) is 2.65. The lowest BCUT2D eigenvalue weighted by Crippen LogP contribution is -2.14. The van der Waals surface area contributed by atoms with Gasteiger partial charge in [0.15, 0.2) is 11.6 Å². The Morgan fingerprint density at radius 3 is 2.40 bits per heavy atom. The van der Waals surface area contributed by atoms with Gasteiger partial charge in [0.2, 0.25) is 0 Å². The van der Waals surface area contributed by atoms with E-state index in [-0.39, 0.29) is 5.92 Å². The zero-order valence-corrected chi connectivity index (χ0v) is 9.70. The predicted molar refractivity (Wildman–Crippen MR) is 61.1 cm³/mol. The molecule has 0 bridgehead atoms. The number of hydrogen-bond donors (Lipinski definition) is 0. The van der Waals surface area contributed by atoms with Gasteiger partial charge in [-0.2, -0.15) is 0 Å². The molecule has 0 amide bonds. The maximum absolute atomic E-state index is 13.5. The van der Waals surface area contributed by atoms with Gasteiger partial charge in [-0.3, -0.25) is 0 Å². The summed E-state index contributed by atoms with van der Waals surface area (Å²) in [6.07, 6.45) is 4.11. The lowest BCUT2D eigenvalue weighted by atomic mass is 9.83. The Morgan fingerprint density at radius 1 is 1.07 bits per heavy atom. The molecule has 1 fully saturated rings. The first-order chi connectivity index (χ1) is 7.18. The summed E-state index contributed by atoms with van der Waals surface area (Å²) >= 11 is 0. The molecule has 82 valence electrons. The zero-order chi connectivity index (χ0) is 10.8. The van der Waals surface area contributed by atoms with Crippen LogP contribution in [-0.4, -0.2) is 5.66 Å². The third-order valence-corrected chi connectivity index (χ3v) is 3.86. The summed E-state index contributed by atoms with van der Waals surface area (Å²) in [6, 6.07) is 4.49. The van der Waals surface area contributed by atoms with E-state index >= 15 is 0 Å². The molecule has 1 unspecified atom stereocenters. The van der Waals surface area contributed by atoms with Crippen LogP contribution in [0.1, 0.15) is 37.2 Å². The van der Waals surface area contributed by atoms with E-state index in [1.807, 2.05) is 0 Å². The summed E-state index contributed by atoms with van der Waals surface area (Å²) in [5.74, 6) is -1.16. The van der Waals surface area contributed by atoms with E-state index < -0.39 is 11.6 Å². The van der Waals surface area contributed by atoms with Crippen LogP contribution >= 0.6 is 9.24 Å². The van der Waals surface area contributed by atoms with Gasteiger partial charge in [-0.05, 0) is 48.9 Å². The van der Waals surface area contributed by atoms with Gasteiger partial charge in [0.05, 0.1) is 0 Å². The maximum atomic E-state index is 13.5. The Hall–Kier alpha value is -0.490. The SMILES string of the molecule is Fc1cccc(C2CCC(P)CC2)c1F. The third kappa shape index (κ3) is 2.36. The van der Waals surface area contributed by atoms with Crippen LogP contribution in [0.2, 0.25) is 0 Å². The van der Waals surface area contributed by atoms with Gasteiger partial charge in [-0.15, -0.1) is 9.24 Å². The fraction of sp³-hybridized carbons (Fsp3) is 0.500. The highest BCUT2D eigenvalue weighted by Crippen LogP contribution is 2.36. The maximum Gasteiger partial charge on any atom is 0.162 e. The first-order valence-electron chi connectivity index (χ1n) is 5.38. The molecule has 0 spiro atoms. The quantitative estimate of drug-likeness (QED) is 0.640. The van der Waals surface area contributed by atoms with Crippen LogP contribution in [0.3, 0.4) is 0 Å². The van der Waals surface area contributed by atoms with Crippen molar-refractivity contribution in [2.45, 2.75) is 37.3 Å². The molecule has 0 saturated heterocycles. The second kappa shape index (κ2) is 4.57. The molecule has 0 aromatic heterocycles. The van der Waals surface area contributed by atoms with Gasteiger partial charge in [-0.1, -0.05) is 12.1 Å². The summed E-state index contributed by atoms with van der Waals surface area (Å²) in [5.41, 5.74) is 1.21. The van der Waals surface area contributed by atoms with Gasteiger partial charge in [0, 0.05) is 0 Å². The fourth-order valence-electron chi connectivity index (χ4n) is 2.27. The predicted octanol–water partition coefficient (Wildman–Crippen LogP) is 3.87. The van der Waals surface area contributed by atoms with Crippen LogP contribution in [-0.2, 0) is 0 Å². The van der Waals surface area contributed by atoms with E-state index in [1.54, 1.807) is 12.1 Å². The zero-order valence-electron chi connectivity index (χ0n) is 8.55. The average Bonchev–Trinajstić information content (AvgIpc) is 2.24.